The number of methoxy groups -OCH3 is 2. The summed E-state index contributed by atoms with van der Waals surface area (Å²) in [5, 5.41) is 0. The summed E-state index contributed by atoms with van der Waals surface area (Å²) in [7, 11) is 3.26. The van der Waals surface area contributed by atoms with Gasteiger partial charge in [0, 0.05) is 45.4 Å². The highest BCUT2D eigenvalue weighted by Crippen LogP contribution is 2.52. The number of hydrogen-bond donors (Lipinski definition) is 0. The highest BCUT2D eigenvalue weighted by Gasteiger charge is 2.64. The second-order valence-electron chi connectivity index (χ2n) is 9.74. The van der Waals surface area contributed by atoms with E-state index >= 15 is 0 Å². The second kappa shape index (κ2) is 13.6. The van der Waals surface area contributed by atoms with Gasteiger partial charge < -0.3 is 14.2 Å². The zero-order valence-corrected chi connectivity index (χ0v) is 23.8. The zero-order chi connectivity index (χ0) is 25.8. The van der Waals surface area contributed by atoms with Crippen molar-refractivity contribution >= 4 is 30.8 Å². The quantitative estimate of drug-likeness (QED) is 0.318. The Morgan fingerprint density at radius 3 is 2.13 bits per heavy atom. The largest absolute Gasteiger partial charge is 0.497 e. The molecular formula is C30H35Cl2FN2O4. The number of rotatable bonds is 9. The third kappa shape index (κ3) is 6.73. The fourth-order valence-electron chi connectivity index (χ4n) is 5.22. The van der Waals surface area contributed by atoms with Crippen molar-refractivity contribution in [1.29, 1.82) is 0 Å². The van der Waals surface area contributed by atoms with E-state index in [1.54, 1.807) is 14.2 Å². The van der Waals surface area contributed by atoms with Gasteiger partial charge in [-0.2, -0.15) is 0 Å². The first-order valence-electron chi connectivity index (χ1n) is 12.7. The van der Waals surface area contributed by atoms with Gasteiger partial charge in [0.2, 0.25) is 0 Å². The van der Waals surface area contributed by atoms with Crippen LogP contribution in [0.5, 0.6) is 5.75 Å². The summed E-state index contributed by atoms with van der Waals surface area (Å²) >= 11 is 0. The van der Waals surface area contributed by atoms with Gasteiger partial charge in [-0.3, -0.25) is 14.6 Å². The summed E-state index contributed by atoms with van der Waals surface area (Å²) in [6.45, 7) is 3.90. The predicted molar refractivity (Wildman–Crippen MR) is 153 cm³/mol. The smallest absolute Gasteiger partial charge is 0.321 e. The van der Waals surface area contributed by atoms with Crippen LogP contribution in [0.1, 0.15) is 29.3 Å². The van der Waals surface area contributed by atoms with Gasteiger partial charge >= 0.3 is 5.97 Å². The molecule has 0 bridgehead atoms. The minimum Gasteiger partial charge on any atom is -0.497 e. The van der Waals surface area contributed by atoms with E-state index in [2.05, 4.69) is 9.80 Å². The standard InChI is InChI=1S/C30H33FN2O4.2ClH/c1-35-26-14-10-24(11-15-26)30(20-27(30)36-2)29(34)37-28(23-6-4-3-5-7-23)33-18-16-32(17-19-33)21-22-8-12-25(31)13-9-22;;/h3-15,27-28H,16-21H2,1-2H3;2*1H/t27-,28?,30-;;/m1../s1. The first kappa shape index (κ1) is 30.9. The molecule has 2 aliphatic rings. The Balaban J connectivity index is 0.00000210. The van der Waals surface area contributed by atoms with Gasteiger partial charge in [-0.05, 0) is 41.8 Å². The molecule has 0 aromatic heterocycles. The summed E-state index contributed by atoms with van der Waals surface area (Å²) in [6, 6.07) is 24.1. The van der Waals surface area contributed by atoms with Crippen molar-refractivity contribution in [2.45, 2.75) is 30.7 Å². The Labute approximate surface area is 241 Å². The Kier molecular flexibility index (Phi) is 10.8. The van der Waals surface area contributed by atoms with Crippen LogP contribution in [0.3, 0.4) is 0 Å². The second-order valence-corrected chi connectivity index (χ2v) is 9.74. The van der Waals surface area contributed by atoms with Gasteiger partial charge in [0.25, 0.3) is 0 Å². The number of nitrogens with zero attached hydrogens (tertiary/aromatic N) is 2. The zero-order valence-electron chi connectivity index (χ0n) is 22.1. The Morgan fingerprint density at radius 1 is 0.923 bits per heavy atom. The lowest BCUT2D eigenvalue weighted by molar-refractivity contribution is -0.167. The molecule has 5 rings (SSSR count). The van der Waals surface area contributed by atoms with Gasteiger partial charge in [-0.1, -0.05) is 54.6 Å². The molecular weight excluding hydrogens is 542 g/mol. The minimum atomic E-state index is -0.821. The molecule has 1 saturated carbocycles. The van der Waals surface area contributed by atoms with E-state index in [9.17, 15) is 9.18 Å². The number of carbonyl (C=O) groups is 1. The van der Waals surface area contributed by atoms with Gasteiger partial charge in [0.15, 0.2) is 6.23 Å². The SMILES string of the molecule is COc1ccc([C@]2(C(=O)OC(c3ccccc3)N3CCN(Cc4ccc(F)cc4)CC3)C[C@H]2OC)cc1.Cl.Cl. The van der Waals surface area contributed by atoms with Gasteiger partial charge in [-0.25, -0.2) is 4.39 Å². The summed E-state index contributed by atoms with van der Waals surface area (Å²) in [5.74, 6) is 0.245. The molecule has 3 atom stereocenters. The van der Waals surface area contributed by atoms with Crippen molar-refractivity contribution < 1.29 is 23.4 Å². The average Bonchev–Trinajstić information content (AvgIpc) is 3.70. The lowest BCUT2D eigenvalue weighted by atomic mass is 9.95. The molecule has 1 aliphatic carbocycles. The maximum Gasteiger partial charge on any atom is 0.321 e. The lowest BCUT2D eigenvalue weighted by Gasteiger charge is -2.39. The third-order valence-corrected chi connectivity index (χ3v) is 7.51. The first-order valence-corrected chi connectivity index (χ1v) is 12.7. The van der Waals surface area contributed by atoms with Crippen LogP contribution in [0, 0.1) is 5.82 Å². The molecule has 210 valence electrons. The number of esters is 1. The topological polar surface area (TPSA) is 51.2 Å². The molecule has 1 unspecified atom stereocenters. The molecule has 9 heteroatoms. The van der Waals surface area contributed by atoms with Crippen molar-refractivity contribution in [3.05, 3.63) is 101 Å². The molecule has 0 radical (unpaired) electrons. The molecule has 3 aromatic carbocycles. The molecule has 3 aromatic rings. The first-order chi connectivity index (χ1) is 18.0. The number of ether oxygens (including phenoxy) is 3. The number of benzene rings is 3. The molecule has 0 spiro atoms. The van der Waals surface area contributed by atoms with Gasteiger partial charge in [0.05, 0.1) is 13.2 Å². The molecule has 1 aliphatic heterocycles. The number of hydrogen-bond acceptors (Lipinski definition) is 6. The van der Waals surface area contributed by atoms with Crippen LogP contribution in [0.2, 0.25) is 0 Å². The maximum absolute atomic E-state index is 13.8. The summed E-state index contributed by atoms with van der Waals surface area (Å²) in [5.41, 5.74) is 2.09. The summed E-state index contributed by atoms with van der Waals surface area (Å²) < 4.78 is 30.5. The van der Waals surface area contributed by atoms with Crippen LogP contribution in [0.4, 0.5) is 4.39 Å². The van der Waals surface area contributed by atoms with E-state index in [0.717, 1.165) is 55.2 Å². The number of carbonyl (C=O) groups excluding carboxylic acids is 1. The Bertz CT molecular complexity index is 1190. The average molecular weight is 578 g/mol. The molecule has 1 heterocycles. The predicted octanol–water partition coefficient (Wildman–Crippen LogP) is 5.39. The maximum atomic E-state index is 13.8. The number of halogens is 3. The van der Waals surface area contributed by atoms with Crippen molar-refractivity contribution in [1.82, 2.24) is 9.80 Å². The molecule has 39 heavy (non-hydrogen) atoms. The van der Waals surface area contributed by atoms with Crippen molar-refractivity contribution in [2.75, 3.05) is 40.4 Å². The third-order valence-electron chi connectivity index (χ3n) is 7.51. The van der Waals surface area contributed by atoms with E-state index < -0.39 is 11.6 Å². The highest BCUT2D eigenvalue weighted by molar-refractivity contribution is 5.88. The Morgan fingerprint density at radius 2 is 1.56 bits per heavy atom. The van der Waals surface area contributed by atoms with Crippen molar-refractivity contribution in [2.24, 2.45) is 0 Å². The molecule has 0 N–H and O–H groups in total. The van der Waals surface area contributed by atoms with Crippen molar-refractivity contribution in [3.8, 4) is 5.75 Å². The fourth-order valence-corrected chi connectivity index (χ4v) is 5.22. The molecule has 0 amide bonds. The van der Waals surface area contributed by atoms with E-state index in [-0.39, 0.29) is 42.7 Å². The minimum absolute atomic E-state index is 0. The monoisotopic (exact) mass is 576 g/mol. The van der Waals surface area contributed by atoms with Crippen LogP contribution in [-0.4, -0.2) is 62.3 Å². The molecule has 1 saturated heterocycles. The van der Waals surface area contributed by atoms with Crippen LogP contribution in [0.25, 0.3) is 0 Å². The van der Waals surface area contributed by atoms with Crippen LogP contribution in [-0.2, 0) is 26.2 Å². The van der Waals surface area contributed by atoms with Crippen LogP contribution < -0.4 is 4.74 Å². The fraction of sp³-hybridized carbons (Fsp3) is 0.367. The Hall–Kier alpha value is -2.68. The summed E-state index contributed by atoms with van der Waals surface area (Å²) in [6.07, 6.45) is -0.131. The van der Waals surface area contributed by atoms with Gasteiger partial charge in [-0.15, -0.1) is 24.8 Å². The molecule has 6 nitrogen and oxygen atoms in total. The van der Waals surface area contributed by atoms with E-state index in [1.807, 2.05) is 66.7 Å². The summed E-state index contributed by atoms with van der Waals surface area (Å²) in [4.78, 5) is 18.4. The van der Waals surface area contributed by atoms with Gasteiger partial charge in [0.1, 0.15) is 17.0 Å². The van der Waals surface area contributed by atoms with Crippen molar-refractivity contribution in [3.63, 3.8) is 0 Å². The molecule has 2 fully saturated rings. The normalized spacial score (nSPS) is 21.7. The van der Waals surface area contributed by atoms with Crippen LogP contribution >= 0.6 is 24.8 Å². The van der Waals surface area contributed by atoms with Crippen LogP contribution in [0.15, 0.2) is 78.9 Å². The van der Waals surface area contributed by atoms with E-state index in [1.165, 1.54) is 12.1 Å². The van der Waals surface area contributed by atoms with E-state index in [4.69, 9.17) is 14.2 Å². The highest BCUT2D eigenvalue weighted by atomic mass is 35.5. The van der Waals surface area contributed by atoms with E-state index in [0.29, 0.717) is 6.42 Å². The number of piperazine rings is 1. The lowest BCUT2D eigenvalue weighted by Crippen LogP contribution is -2.48.